The van der Waals surface area contributed by atoms with Crippen LogP contribution < -0.4 is 25.4 Å². The number of hydrogen-bond donors (Lipinski definition) is 3. The van der Waals surface area contributed by atoms with E-state index < -0.39 is 0 Å². The number of hydrogen-bond acceptors (Lipinski definition) is 5. The highest BCUT2D eigenvalue weighted by atomic mass is 35.5. The third kappa shape index (κ3) is 5.79. The van der Waals surface area contributed by atoms with Gasteiger partial charge < -0.3 is 25.4 Å². The smallest absolute Gasteiger partial charge is 0.243 e. The van der Waals surface area contributed by atoms with Gasteiger partial charge in [-0.1, -0.05) is 23.7 Å². The first-order valence-electron chi connectivity index (χ1n) is 8.22. The summed E-state index contributed by atoms with van der Waals surface area (Å²) in [5.41, 5.74) is 2.13. The first kappa shape index (κ1) is 20.4. The number of ether oxygens (including phenoxy) is 2. The summed E-state index contributed by atoms with van der Waals surface area (Å²) in [5.74, 6) is 0.308. The molecule has 3 N–H and O–H groups in total. The van der Waals surface area contributed by atoms with Crippen molar-refractivity contribution in [3.63, 3.8) is 0 Å². The molecule has 0 aliphatic heterocycles. The third-order valence-electron chi connectivity index (χ3n) is 3.69. The van der Waals surface area contributed by atoms with E-state index in [-0.39, 0.29) is 24.9 Å². The fraction of sp³-hybridized carbons (Fsp3) is 0.263. The molecule has 0 bridgehead atoms. The van der Waals surface area contributed by atoms with E-state index in [0.717, 1.165) is 5.56 Å². The summed E-state index contributed by atoms with van der Waals surface area (Å²) >= 11 is 6.03. The van der Waals surface area contributed by atoms with Crippen LogP contribution >= 0.6 is 11.6 Å². The van der Waals surface area contributed by atoms with E-state index in [2.05, 4.69) is 16.0 Å². The molecule has 2 aromatic carbocycles. The molecule has 0 atom stereocenters. The fourth-order valence-electron chi connectivity index (χ4n) is 2.39. The monoisotopic (exact) mass is 391 g/mol. The van der Waals surface area contributed by atoms with Crippen molar-refractivity contribution in [1.82, 2.24) is 5.32 Å². The van der Waals surface area contributed by atoms with Gasteiger partial charge in [-0.25, -0.2) is 0 Å². The molecule has 0 unspecified atom stereocenters. The van der Waals surface area contributed by atoms with Crippen LogP contribution in [0, 0.1) is 6.92 Å². The number of anilines is 2. The van der Waals surface area contributed by atoms with Gasteiger partial charge in [0.25, 0.3) is 0 Å². The van der Waals surface area contributed by atoms with Gasteiger partial charge in [-0.05, 0) is 36.8 Å². The number of benzene rings is 2. The highest BCUT2D eigenvalue weighted by Crippen LogP contribution is 2.32. The lowest BCUT2D eigenvalue weighted by molar-refractivity contribution is -0.122. The second-order valence-electron chi connectivity index (χ2n) is 5.70. The number of amides is 2. The maximum Gasteiger partial charge on any atom is 0.243 e. The van der Waals surface area contributed by atoms with Crippen molar-refractivity contribution < 1.29 is 19.1 Å². The van der Waals surface area contributed by atoms with E-state index in [1.165, 1.54) is 14.2 Å². The van der Waals surface area contributed by atoms with E-state index in [9.17, 15) is 9.59 Å². The first-order chi connectivity index (χ1) is 12.9. The average Bonchev–Trinajstić information content (AvgIpc) is 2.65. The Bertz CT molecular complexity index is 827. The van der Waals surface area contributed by atoms with Gasteiger partial charge >= 0.3 is 0 Å². The minimum absolute atomic E-state index is 0.0300. The standard InChI is InChI=1S/C19H22ClN3O4/c1-12-7-8-16(26-2)15(9-12)23-18(25)11-22-17(24)10-21-14-6-4-5-13(20)19(14)27-3/h4-9,21H,10-11H2,1-3H3,(H,22,24)(H,23,25). The van der Waals surface area contributed by atoms with Crippen molar-refractivity contribution in [2.45, 2.75) is 6.92 Å². The Morgan fingerprint density at radius 1 is 1.00 bits per heavy atom. The molecule has 0 aliphatic carbocycles. The maximum atomic E-state index is 12.1. The Kier molecular flexibility index (Phi) is 7.31. The summed E-state index contributed by atoms with van der Waals surface area (Å²) < 4.78 is 10.4. The Labute approximate surface area is 163 Å². The van der Waals surface area contributed by atoms with Crippen LogP contribution in [-0.2, 0) is 9.59 Å². The summed E-state index contributed by atoms with van der Waals surface area (Å²) in [5, 5.41) is 8.64. The predicted octanol–water partition coefficient (Wildman–Crippen LogP) is 2.83. The molecule has 8 heteroatoms. The quantitative estimate of drug-likeness (QED) is 0.644. The van der Waals surface area contributed by atoms with Gasteiger partial charge in [0.1, 0.15) is 5.75 Å². The van der Waals surface area contributed by atoms with Crippen LogP contribution in [0.3, 0.4) is 0 Å². The van der Waals surface area contributed by atoms with Crippen LogP contribution in [0.15, 0.2) is 36.4 Å². The van der Waals surface area contributed by atoms with Gasteiger partial charge in [-0.15, -0.1) is 0 Å². The lowest BCUT2D eigenvalue weighted by Crippen LogP contribution is -2.36. The summed E-state index contributed by atoms with van der Waals surface area (Å²) in [7, 11) is 3.02. The Hall–Kier alpha value is -2.93. The SMILES string of the molecule is COc1ccc(C)cc1NC(=O)CNC(=O)CNc1cccc(Cl)c1OC. The predicted molar refractivity (Wildman–Crippen MR) is 106 cm³/mol. The minimum Gasteiger partial charge on any atom is -0.495 e. The van der Waals surface area contributed by atoms with Gasteiger partial charge in [-0.3, -0.25) is 9.59 Å². The number of carbonyl (C=O) groups excluding carboxylic acids is 2. The molecule has 0 heterocycles. The van der Waals surface area contributed by atoms with Crippen LogP contribution in [0.4, 0.5) is 11.4 Å². The highest BCUT2D eigenvalue weighted by molar-refractivity contribution is 6.32. The number of para-hydroxylation sites is 1. The molecule has 27 heavy (non-hydrogen) atoms. The lowest BCUT2D eigenvalue weighted by atomic mass is 10.2. The first-order valence-corrected chi connectivity index (χ1v) is 8.60. The second-order valence-corrected chi connectivity index (χ2v) is 6.11. The van der Waals surface area contributed by atoms with Gasteiger partial charge in [0.2, 0.25) is 11.8 Å². The molecule has 0 aromatic heterocycles. The topological polar surface area (TPSA) is 88.7 Å². The molecule has 0 aliphatic rings. The molecule has 0 fully saturated rings. The molecule has 2 amide bonds. The van der Waals surface area contributed by atoms with E-state index in [1.807, 2.05) is 13.0 Å². The van der Waals surface area contributed by atoms with Crippen LogP contribution in [0.25, 0.3) is 0 Å². The van der Waals surface area contributed by atoms with Crippen LogP contribution in [0.2, 0.25) is 5.02 Å². The molecular weight excluding hydrogens is 370 g/mol. The summed E-state index contributed by atoms with van der Waals surface area (Å²) in [4.78, 5) is 24.1. The Morgan fingerprint density at radius 3 is 2.48 bits per heavy atom. The number of methoxy groups -OCH3 is 2. The second kappa shape index (κ2) is 9.68. The van der Waals surface area contributed by atoms with Crippen molar-refractivity contribution >= 4 is 34.8 Å². The van der Waals surface area contributed by atoms with Gasteiger partial charge in [-0.2, -0.15) is 0 Å². The molecule has 0 saturated carbocycles. The Morgan fingerprint density at radius 2 is 1.78 bits per heavy atom. The molecule has 7 nitrogen and oxygen atoms in total. The van der Waals surface area contributed by atoms with Crippen LogP contribution in [0.5, 0.6) is 11.5 Å². The molecular formula is C19H22ClN3O4. The highest BCUT2D eigenvalue weighted by Gasteiger charge is 2.11. The third-order valence-corrected chi connectivity index (χ3v) is 3.98. The van der Waals surface area contributed by atoms with Crippen molar-refractivity contribution in [3.8, 4) is 11.5 Å². The molecule has 0 radical (unpaired) electrons. The van der Waals surface area contributed by atoms with Crippen LogP contribution in [0.1, 0.15) is 5.56 Å². The number of carbonyl (C=O) groups is 2. The van der Waals surface area contributed by atoms with E-state index in [0.29, 0.717) is 27.9 Å². The zero-order chi connectivity index (χ0) is 19.8. The lowest BCUT2D eigenvalue weighted by Gasteiger charge is -2.13. The molecule has 2 aromatic rings. The van der Waals surface area contributed by atoms with E-state index in [1.54, 1.807) is 30.3 Å². The zero-order valence-electron chi connectivity index (χ0n) is 15.4. The normalized spacial score (nSPS) is 10.1. The van der Waals surface area contributed by atoms with Crippen molar-refractivity contribution in [1.29, 1.82) is 0 Å². The fourth-order valence-corrected chi connectivity index (χ4v) is 2.64. The van der Waals surface area contributed by atoms with Crippen molar-refractivity contribution in [2.24, 2.45) is 0 Å². The van der Waals surface area contributed by atoms with Crippen molar-refractivity contribution in [3.05, 3.63) is 47.0 Å². The number of aryl methyl sites for hydroxylation is 1. The number of nitrogens with one attached hydrogen (secondary N) is 3. The Balaban J connectivity index is 1.85. The average molecular weight is 392 g/mol. The van der Waals surface area contributed by atoms with E-state index >= 15 is 0 Å². The number of rotatable bonds is 8. The number of halogens is 1. The molecule has 0 saturated heterocycles. The van der Waals surface area contributed by atoms with Gasteiger partial charge in [0.05, 0.1) is 43.7 Å². The maximum absolute atomic E-state index is 12.1. The zero-order valence-corrected chi connectivity index (χ0v) is 16.1. The largest absolute Gasteiger partial charge is 0.495 e. The summed E-state index contributed by atoms with van der Waals surface area (Å²) in [6.45, 7) is 1.72. The van der Waals surface area contributed by atoms with E-state index in [4.69, 9.17) is 21.1 Å². The van der Waals surface area contributed by atoms with Gasteiger partial charge in [0.15, 0.2) is 5.75 Å². The van der Waals surface area contributed by atoms with Gasteiger partial charge in [0, 0.05) is 0 Å². The minimum atomic E-state index is -0.354. The molecule has 0 spiro atoms. The summed E-state index contributed by atoms with van der Waals surface area (Å²) in [6, 6.07) is 10.6. The molecule has 144 valence electrons. The van der Waals surface area contributed by atoms with Crippen molar-refractivity contribution in [2.75, 3.05) is 37.9 Å². The molecule has 2 rings (SSSR count). The van der Waals surface area contributed by atoms with Crippen LogP contribution in [-0.4, -0.2) is 39.1 Å². The summed E-state index contributed by atoms with van der Waals surface area (Å²) in [6.07, 6.45) is 0.